The van der Waals surface area contributed by atoms with Gasteiger partial charge in [0, 0.05) is 12.6 Å². The van der Waals surface area contributed by atoms with Gasteiger partial charge in [0.2, 0.25) is 0 Å². The molecule has 7 heteroatoms. The fraction of sp³-hybridized carbons (Fsp3) is 0.190. The van der Waals surface area contributed by atoms with E-state index in [2.05, 4.69) is 20.6 Å². The van der Waals surface area contributed by atoms with Crippen LogP contribution in [-0.2, 0) is 6.42 Å². The van der Waals surface area contributed by atoms with E-state index < -0.39 is 5.82 Å². The van der Waals surface area contributed by atoms with Gasteiger partial charge in [0.25, 0.3) is 5.91 Å². The molecule has 2 N–H and O–H groups in total. The van der Waals surface area contributed by atoms with Crippen LogP contribution in [0.5, 0.6) is 5.75 Å². The largest absolute Gasteiger partial charge is 0.496 e. The zero-order valence-electron chi connectivity index (χ0n) is 15.7. The monoisotopic (exact) mass is 380 g/mol. The summed E-state index contributed by atoms with van der Waals surface area (Å²) in [6.45, 7) is 2.11. The summed E-state index contributed by atoms with van der Waals surface area (Å²) in [5, 5.41) is 5.72. The molecule has 2 aromatic carbocycles. The van der Waals surface area contributed by atoms with E-state index >= 15 is 0 Å². The van der Waals surface area contributed by atoms with E-state index in [1.165, 1.54) is 12.1 Å². The van der Waals surface area contributed by atoms with E-state index in [0.29, 0.717) is 24.6 Å². The number of benzene rings is 2. The third kappa shape index (κ3) is 4.82. The second-order valence-corrected chi connectivity index (χ2v) is 6.11. The van der Waals surface area contributed by atoms with Crippen molar-refractivity contribution >= 4 is 17.4 Å². The van der Waals surface area contributed by atoms with Gasteiger partial charge >= 0.3 is 0 Å². The normalized spacial score (nSPS) is 10.4. The molecule has 0 bridgehead atoms. The lowest BCUT2D eigenvalue weighted by atomic mass is 10.1. The Hall–Kier alpha value is -3.48. The van der Waals surface area contributed by atoms with E-state index in [0.717, 1.165) is 11.3 Å². The Labute approximate surface area is 162 Å². The second-order valence-electron chi connectivity index (χ2n) is 6.11. The Bertz CT molecular complexity index is 978. The first-order valence-electron chi connectivity index (χ1n) is 8.84. The van der Waals surface area contributed by atoms with Crippen molar-refractivity contribution in [1.29, 1.82) is 0 Å². The van der Waals surface area contributed by atoms with Crippen molar-refractivity contribution in [3.05, 3.63) is 77.5 Å². The molecule has 28 heavy (non-hydrogen) atoms. The van der Waals surface area contributed by atoms with Crippen LogP contribution < -0.4 is 15.4 Å². The molecule has 0 spiro atoms. The molecule has 0 aliphatic carbocycles. The number of aromatic nitrogens is 2. The smallest absolute Gasteiger partial charge is 0.270 e. The van der Waals surface area contributed by atoms with Crippen LogP contribution in [0.4, 0.5) is 15.9 Å². The van der Waals surface area contributed by atoms with Crippen LogP contribution in [0.1, 0.15) is 21.9 Å². The van der Waals surface area contributed by atoms with Crippen molar-refractivity contribution in [2.45, 2.75) is 13.3 Å². The minimum absolute atomic E-state index is 0.214. The highest BCUT2D eigenvalue weighted by molar-refractivity contribution is 5.93. The number of anilines is 2. The molecule has 144 valence electrons. The van der Waals surface area contributed by atoms with E-state index in [-0.39, 0.29) is 17.3 Å². The molecule has 0 radical (unpaired) electrons. The van der Waals surface area contributed by atoms with Gasteiger partial charge in [-0.3, -0.25) is 4.79 Å². The lowest BCUT2D eigenvalue weighted by molar-refractivity contribution is 0.0948. The summed E-state index contributed by atoms with van der Waals surface area (Å²) in [7, 11) is 1.62. The molecule has 0 saturated carbocycles. The van der Waals surface area contributed by atoms with Gasteiger partial charge in [-0.1, -0.05) is 30.3 Å². The summed E-state index contributed by atoms with van der Waals surface area (Å²) >= 11 is 0. The molecule has 0 aliphatic heterocycles. The molecule has 1 heterocycles. The number of carbonyl (C=O) groups is 1. The van der Waals surface area contributed by atoms with Gasteiger partial charge in [-0.2, -0.15) is 0 Å². The fourth-order valence-corrected chi connectivity index (χ4v) is 2.76. The highest BCUT2D eigenvalue weighted by atomic mass is 19.1. The maximum Gasteiger partial charge on any atom is 0.270 e. The number of rotatable bonds is 7. The minimum atomic E-state index is -0.401. The Morgan fingerprint density at radius 2 is 1.86 bits per heavy atom. The topological polar surface area (TPSA) is 76.1 Å². The van der Waals surface area contributed by atoms with Crippen molar-refractivity contribution in [2.24, 2.45) is 0 Å². The summed E-state index contributed by atoms with van der Waals surface area (Å²) in [6, 6.07) is 15.4. The third-order valence-electron chi connectivity index (χ3n) is 4.08. The standard InChI is InChI=1S/C21H21FN4O2/c1-14-24-18(13-20(25-14)26-17-9-5-4-8-16(17)22)21(27)23-12-11-15-7-3-6-10-19(15)28-2/h3-10,13H,11-12H2,1-2H3,(H,23,27)(H,24,25,26). The van der Waals surface area contributed by atoms with E-state index in [1.807, 2.05) is 24.3 Å². The van der Waals surface area contributed by atoms with Crippen LogP contribution in [0.15, 0.2) is 54.6 Å². The lowest BCUT2D eigenvalue weighted by Crippen LogP contribution is -2.27. The zero-order chi connectivity index (χ0) is 19.9. The number of halogens is 1. The van der Waals surface area contributed by atoms with Crippen LogP contribution in [-0.4, -0.2) is 29.5 Å². The average molecular weight is 380 g/mol. The SMILES string of the molecule is COc1ccccc1CCNC(=O)c1cc(Nc2ccccc2F)nc(C)n1. The van der Waals surface area contributed by atoms with Crippen molar-refractivity contribution in [1.82, 2.24) is 15.3 Å². The minimum Gasteiger partial charge on any atom is -0.496 e. The average Bonchev–Trinajstić information content (AvgIpc) is 2.69. The predicted molar refractivity (Wildman–Crippen MR) is 105 cm³/mol. The van der Waals surface area contributed by atoms with Gasteiger partial charge < -0.3 is 15.4 Å². The second kappa shape index (κ2) is 8.94. The van der Waals surface area contributed by atoms with E-state index in [9.17, 15) is 9.18 Å². The predicted octanol–water partition coefficient (Wildman–Crippen LogP) is 3.65. The molecule has 6 nitrogen and oxygen atoms in total. The molecule has 3 aromatic rings. The van der Waals surface area contributed by atoms with Gasteiger partial charge in [0.1, 0.15) is 28.9 Å². The molecule has 0 fully saturated rings. The quantitative estimate of drug-likeness (QED) is 0.654. The summed E-state index contributed by atoms with van der Waals surface area (Å²) in [6.07, 6.45) is 0.625. The molecule has 0 aliphatic rings. The van der Waals surface area contributed by atoms with Crippen LogP contribution in [0.2, 0.25) is 0 Å². The Kier molecular flexibility index (Phi) is 6.16. The number of para-hydroxylation sites is 2. The third-order valence-corrected chi connectivity index (χ3v) is 4.08. The van der Waals surface area contributed by atoms with Crippen molar-refractivity contribution < 1.29 is 13.9 Å². The molecule has 1 amide bonds. The van der Waals surface area contributed by atoms with E-state index in [1.54, 1.807) is 32.2 Å². The number of hydrogen-bond acceptors (Lipinski definition) is 5. The number of methoxy groups -OCH3 is 1. The number of hydrogen-bond donors (Lipinski definition) is 2. The molecule has 0 saturated heterocycles. The Morgan fingerprint density at radius 1 is 1.11 bits per heavy atom. The van der Waals surface area contributed by atoms with Crippen LogP contribution in [0.3, 0.4) is 0 Å². The zero-order valence-corrected chi connectivity index (χ0v) is 15.7. The van der Waals surface area contributed by atoms with Crippen LogP contribution >= 0.6 is 0 Å². The van der Waals surface area contributed by atoms with Gasteiger partial charge in [0.15, 0.2) is 0 Å². The summed E-state index contributed by atoms with van der Waals surface area (Å²) < 4.78 is 19.1. The van der Waals surface area contributed by atoms with Crippen molar-refractivity contribution in [3.8, 4) is 5.75 Å². The molecule has 3 rings (SSSR count). The maximum absolute atomic E-state index is 13.8. The molecular formula is C21H21FN4O2. The summed E-state index contributed by atoms with van der Waals surface area (Å²) in [5.74, 6) is 0.827. The van der Waals surface area contributed by atoms with Crippen LogP contribution in [0, 0.1) is 12.7 Å². The van der Waals surface area contributed by atoms with Gasteiger partial charge in [0.05, 0.1) is 12.8 Å². The first-order chi connectivity index (χ1) is 13.6. The number of carbonyl (C=O) groups excluding carboxylic acids is 1. The molecule has 0 unspecified atom stereocenters. The number of aryl methyl sites for hydroxylation is 1. The number of nitrogens with one attached hydrogen (secondary N) is 2. The summed E-state index contributed by atoms with van der Waals surface area (Å²) in [4.78, 5) is 20.9. The Morgan fingerprint density at radius 3 is 2.64 bits per heavy atom. The van der Waals surface area contributed by atoms with Crippen LogP contribution in [0.25, 0.3) is 0 Å². The lowest BCUT2D eigenvalue weighted by Gasteiger charge is -2.11. The number of nitrogens with zero attached hydrogens (tertiary/aromatic N) is 2. The maximum atomic E-state index is 13.8. The van der Waals surface area contributed by atoms with Gasteiger partial charge in [-0.25, -0.2) is 14.4 Å². The first kappa shape index (κ1) is 19.3. The molecular weight excluding hydrogens is 359 g/mol. The van der Waals surface area contributed by atoms with Gasteiger partial charge in [-0.15, -0.1) is 0 Å². The molecule has 0 atom stereocenters. The summed E-state index contributed by atoms with van der Waals surface area (Å²) in [5.41, 5.74) is 1.50. The van der Waals surface area contributed by atoms with Crippen molar-refractivity contribution in [3.63, 3.8) is 0 Å². The van der Waals surface area contributed by atoms with Crippen molar-refractivity contribution in [2.75, 3.05) is 19.0 Å². The highest BCUT2D eigenvalue weighted by Crippen LogP contribution is 2.19. The van der Waals surface area contributed by atoms with E-state index in [4.69, 9.17) is 4.74 Å². The fourth-order valence-electron chi connectivity index (χ4n) is 2.76. The Balaban J connectivity index is 1.66. The number of ether oxygens (including phenoxy) is 1. The molecule has 1 aromatic heterocycles. The first-order valence-corrected chi connectivity index (χ1v) is 8.84. The highest BCUT2D eigenvalue weighted by Gasteiger charge is 2.12. The number of amides is 1. The van der Waals surface area contributed by atoms with Gasteiger partial charge in [-0.05, 0) is 37.1 Å².